The highest BCUT2D eigenvalue weighted by atomic mass is 32.2. The molecular formula is C21H25N5OS. The lowest BCUT2D eigenvalue weighted by Gasteiger charge is -2.12. The van der Waals surface area contributed by atoms with Crippen LogP contribution in [0.3, 0.4) is 0 Å². The molecule has 6 nitrogen and oxygen atoms in total. The molecule has 0 spiro atoms. The van der Waals surface area contributed by atoms with E-state index in [1.165, 1.54) is 5.56 Å². The van der Waals surface area contributed by atoms with Gasteiger partial charge in [0.1, 0.15) is 0 Å². The van der Waals surface area contributed by atoms with Crippen LogP contribution < -0.4 is 5.32 Å². The van der Waals surface area contributed by atoms with E-state index >= 15 is 0 Å². The molecule has 0 fully saturated rings. The van der Waals surface area contributed by atoms with Crippen molar-refractivity contribution < 1.29 is 4.79 Å². The minimum Gasteiger partial charge on any atom is -0.326 e. The number of carbonyl (C=O) groups excluding carboxylic acids is 1. The molecule has 0 atom stereocenters. The lowest BCUT2D eigenvalue weighted by molar-refractivity contribution is -0.116. The van der Waals surface area contributed by atoms with Crippen LogP contribution >= 0.6 is 11.8 Å². The van der Waals surface area contributed by atoms with Gasteiger partial charge in [0.25, 0.3) is 0 Å². The molecule has 0 aliphatic rings. The normalized spacial score (nSPS) is 10.9. The smallest absolute Gasteiger partial charge is 0.224 e. The van der Waals surface area contributed by atoms with Crippen LogP contribution in [0.5, 0.6) is 0 Å². The van der Waals surface area contributed by atoms with E-state index in [1.807, 2.05) is 37.6 Å². The summed E-state index contributed by atoms with van der Waals surface area (Å²) in [7, 11) is 1.95. The number of aromatic nitrogens is 4. The Balaban J connectivity index is 1.50. The van der Waals surface area contributed by atoms with Gasteiger partial charge in [0.15, 0.2) is 11.0 Å². The van der Waals surface area contributed by atoms with E-state index in [-0.39, 0.29) is 5.91 Å². The van der Waals surface area contributed by atoms with Crippen LogP contribution in [-0.2, 0) is 11.8 Å². The van der Waals surface area contributed by atoms with Crippen LogP contribution in [0.2, 0.25) is 0 Å². The molecule has 2 aromatic heterocycles. The van der Waals surface area contributed by atoms with Crippen molar-refractivity contribution in [1.29, 1.82) is 0 Å². The molecule has 0 saturated heterocycles. The van der Waals surface area contributed by atoms with Gasteiger partial charge in [-0.3, -0.25) is 9.78 Å². The van der Waals surface area contributed by atoms with Crippen molar-refractivity contribution in [2.24, 2.45) is 7.05 Å². The van der Waals surface area contributed by atoms with Crippen LogP contribution in [0.25, 0.3) is 11.4 Å². The van der Waals surface area contributed by atoms with Crippen LogP contribution in [0.15, 0.2) is 41.8 Å². The topological polar surface area (TPSA) is 72.7 Å². The monoisotopic (exact) mass is 395 g/mol. The van der Waals surface area contributed by atoms with Gasteiger partial charge in [0.05, 0.1) is 0 Å². The fourth-order valence-electron chi connectivity index (χ4n) is 3.17. The Morgan fingerprint density at radius 2 is 1.79 bits per heavy atom. The third-order valence-corrected chi connectivity index (χ3v) is 5.60. The number of amides is 1. The third-order valence-electron chi connectivity index (χ3n) is 4.49. The van der Waals surface area contributed by atoms with Crippen LogP contribution in [0, 0.1) is 20.8 Å². The average molecular weight is 396 g/mol. The van der Waals surface area contributed by atoms with Crippen molar-refractivity contribution in [1.82, 2.24) is 19.7 Å². The predicted molar refractivity (Wildman–Crippen MR) is 113 cm³/mol. The lowest BCUT2D eigenvalue weighted by atomic mass is 10.0. The summed E-state index contributed by atoms with van der Waals surface area (Å²) in [5.74, 6) is 1.67. The minimum absolute atomic E-state index is 0.0473. The number of benzene rings is 1. The Labute approximate surface area is 169 Å². The van der Waals surface area contributed by atoms with E-state index in [1.54, 1.807) is 24.2 Å². The summed E-state index contributed by atoms with van der Waals surface area (Å²) in [5, 5.41) is 12.4. The molecule has 146 valence electrons. The number of nitrogens with one attached hydrogen (secondary N) is 1. The summed E-state index contributed by atoms with van der Waals surface area (Å²) in [5.41, 5.74) is 5.32. The van der Waals surface area contributed by atoms with E-state index in [0.29, 0.717) is 6.42 Å². The molecule has 1 aromatic carbocycles. The number of nitrogens with zero attached hydrogens (tertiary/aromatic N) is 4. The molecular weight excluding hydrogens is 370 g/mol. The van der Waals surface area contributed by atoms with Gasteiger partial charge in [-0.1, -0.05) is 29.5 Å². The number of rotatable bonds is 7. The molecule has 0 aliphatic heterocycles. The van der Waals surface area contributed by atoms with E-state index in [0.717, 1.165) is 45.5 Å². The molecule has 0 aliphatic carbocycles. The van der Waals surface area contributed by atoms with Gasteiger partial charge in [-0.2, -0.15) is 0 Å². The highest BCUT2D eigenvalue weighted by molar-refractivity contribution is 7.99. The third kappa shape index (κ3) is 4.78. The first-order valence-electron chi connectivity index (χ1n) is 9.26. The second-order valence-electron chi connectivity index (χ2n) is 6.87. The molecule has 7 heteroatoms. The Morgan fingerprint density at radius 1 is 1.11 bits per heavy atom. The Morgan fingerprint density at radius 3 is 2.46 bits per heavy atom. The molecule has 2 heterocycles. The molecule has 0 bridgehead atoms. The zero-order chi connectivity index (χ0) is 20.1. The summed E-state index contributed by atoms with van der Waals surface area (Å²) < 4.78 is 1.97. The number of aryl methyl sites for hydroxylation is 3. The minimum atomic E-state index is 0.0473. The average Bonchev–Trinajstić information content (AvgIpc) is 3.03. The number of pyridine rings is 1. The SMILES string of the molecule is Cc1cc(C)c(NC(=O)CCCSc2nnc(-c3ccncc3)n2C)c(C)c1. The van der Waals surface area contributed by atoms with Gasteiger partial charge in [0.2, 0.25) is 5.91 Å². The van der Waals surface area contributed by atoms with E-state index < -0.39 is 0 Å². The summed E-state index contributed by atoms with van der Waals surface area (Å²) >= 11 is 1.61. The molecule has 3 rings (SSSR count). The maximum Gasteiger partial charge on any atom is 0.224 e. The quantitative estimate of drug-likeness (QED) is 0.477. The van der Waals surface area contributed by atoms with E-state index in [9.17, 15) is 4.79 Å². The van der Waals surface area contributed by atoms with E-state index in [2.05, 4.69) is 39.6 Å². The van der Waals surface area contributed by atoms with Gasteiger partial charge in [-0.05, 0) is 50.5 Å². The first-order valence-corrected chi connectivity index (χ1v) is 10.2. The van der Waals surface area contributed by atoms with E-state index in [4.69, 9.17) is 0 Å². The van der Waals surface area contributed by atoms with Crippen molar-refractivity contribution in [2.75, 3.05) is 11.1 Å². The highest BCUT2D eigenvalue weighted by Crippen LogP contribution is 2.24. The zero-order valence-electron chi connectivity index (χ0n) is 16.7. The van der Waals surface area contributed by atoms with Crippen molar-refractivity contribution in [3.05, 3.63) is 53.3 Å². The first-order chi connectivity index (χ1) is 13.5. The Bertz CT molecular complexity index is 945. The number of hydrogen-bond donors (Lipinski definition) is 1. The van der Waals surface area contributed by atoms with Gasteiger partial charge in [-0.25, -0.2) is 0 Å². The lowest BCUT2D eigenvalue weighted by Crippen LogP contribution is -2.13. The fourth-order valence-corrected chi connectivity index (χ4v) is 4.02. The first kappa shape index (κ1) is 20.1. The second kappa shape index (κ2) is 9.01. The number of hydrogen-bond acceptors (Lipinski definition) is 5. The highest BCUT2D eigenvalue weighted by Gasteiger charge is 2.12. The summed E-state index contributed by atoms with van der Waals surface area (Å²) in [6, 6.07) is 8.01. The maximum absolute atomic E-state index is 12.3. The van der Waals surface area contributed by atoms with Crippen LogP contribution in [-0.4, -0.2) is 31.4 Å². The summed E-state index contributed by atoms with van der Waals surface area (Å²) in [4.78, 5) is 16.3. The van der Waals surface area contributed by atoms with Crippen molar-refractivity contribution in [3.8, 4) is 11.4 Å². The number of anilines is 1. The molecule has 1 N–H and O–H groups in total. The Hall–Kier alpha value is -2.67. The standard InChI is InChI=1S/C21H25N5OS/c1-14-12-15(2)19(16(3)13-14)23-18(27)6-5-11-28-21-25-24-20(26(21)4)17-7-9-22-10-8-17/h7-10,12-13H,5-6,11H2,1-4H3,(H,23,27). The molecule has 3 aromatic rings. The van der Waals surface area contributed by atoms with Crippen LogP contribution in [0.1, 0.15) is 29.5 Å². The summed E-state index contributed by atoms with van der Waals surface area (Å²) in [6.45, 7) is 6.12. The fraction of sp³-hybridized carbons (Fsp3) is 0.333. The number of carbonyl (C=O) groups is 1. The van der Waals surface area contributed by atoms with Gasteiger partial charge < -0.3 is 9.88 Å². The zero-order valence-corrected chi connectivity index (χ0v) is 17.5. The second-order valence-corrected chi connectivity index (χ2v) is 7.94. The van der Waals surface area contributed by atoms with Crippen LogP contribution in [0.4, 0.5) is 5.69 Å². The largest absolute Gasteiger partial charge is 0.326 e. The molecule has 0 radical (unpaired) electrons. The van der Waals surface area contributed by atoms with Gasteiger partial charge >= 0.3 is 0 Å². The van der Waals surface area contributed by atoms with Gasteiger partial charge in [0, 0.05) is 42.9 Å². The molecule has 1 amide bonds. The van der Waals surface area contributed by atoms with Crippen molar-refractivity contribution in [2.45, 2.75) is 38.8 Å². The molecule has 0 unspecified atom stereocenters. The van der Waals surface area contributed by atoms with Crippen molar-refractivity contribution in [3.63, 3.8) is 0 Å². The summed E-state index contributed by atoms with van der Waals surface area (Å²) in [6.07, 6.45) is 4.74. The number of thioether (sulfide) groups is 1. The van der Waals surface area contributed by atoms with Gasteiger partial charge in [-0.15, -0.1) is 10.2 Å². The molecule has 28 heavy (non-hydrogen) atoms. The predicted octanol–water partition coefficient (Wildman–Crippen LogP) is 4.31. The molecule has 0 saturated carbocycles. The Kier molecular flexibility index (Phi) is 6.46. The maximum atomic E-state index is 12.3. The van der Waals surface area contributed by atoms with Crippen molar-refractivity contribution >= 4 is 23.4 Å².